The molecule has 94 valence electrons. The van der Waals surface area contributed by atoms with Crippen LogP contribution >= 0.6 is 11.6 Å². The van der Waals surface area contributed by atoms with Gasteiger partial charge in [0.2, 0.25) is 0 Å². The highest BCUT2D eigenvalue weighted by molar-refractivity contribution is 6.31. The number of benzene rings is 1. The van der Waals surface area contributed by atoms with Crippen LogP contribution in [0.3, 0.4) is 0 Å². The van der Waals surface area contributed by atoms with Crippen LogP contribution in [-0.2, 0) is 6.42 Å². The van der Waals surface area contributed by atoms with Crippen molar-refractivity contribution in [3.8, 4) is 0 Å². The Kier molecular flexibility index (Phi) is 3.26. The predicted octanol–water partition coefficient (Wildman–Crippen LogP) is 4.35. The first-order valence-electron chi connectivity index (χ1n) is 6.28. The van der Waals surface area contributed by atoms with Gasteiger partial charge in [0, 0.05) is 5.02 Å². The summed E-state index contributed by atoms with van der Waals surface area (Å²) >= 11 is 6.34. The smallest absolute Gasteiger partial charge is 0.0801 e. The van der Waals surface area contributed by atoms with Crippen molar-refractivity contribution in [2.24, 2.45) is 5.41 Å². The van der Waals surface area contributed by atoms with Crippen molar-refractivity contribution in [1.82, 2.24) is 0 Å². The quantitative estimate of drug-likeness (QED) is 0.681. The molecule has 17 heavy (non-hydrogen) atoms. The molecule has 1 aromatic rings. The van der Waals surface area contributed by atoms with E-state index in [1.807, 2.05) is 6.07 Å². The lowest BCUT2D eigenvalue weighted by molar-refractivity contribution is 0.116. The standard InChI is InChI=1S/C15H21ClO/c1-9-7-12(16)11-5-6-15(3,4)8-13(17)14(11)10(9)2/h7,13,17H,5-6,8H2,1-4H3. The van der Waals surface area contributed by atoms with Crippen LogP contribution in [0.15, 0.2) is 6.07 Å². The maximum absolute atomic E-state index is 10.4. The first-order chi connectivity index (χ1) is 7.82. The van der Waals surface area contributed by atoms with Crippen LogP contribution in [0.25, 0.3) is 0 Å². The highest BCUT2D eigenvalue weighted by Crippen LogP contribution is 2.43. The van der Waals surface area contributed by atoms with Gasteiger partial charge in [-0.3, -0.25) is 0 Å². The van der Waals surface area contributed by atoms with E-state index in [-0.39, 0.29) is 11.5 Å². The molecular formula is C15H21ClO. The van der Waals surface area contributed by atoms with Crippen molar-refractivity contribution in [1.29, 1.82) is 0 Å². The molecule has 1 unspecified atom stereocenters. The Bertz CT molecular complexity index is 449. The Morgan fingerprint density at radius 3 is 2.65 bits per heavy atom. The first-order valence-corrected chi connectivity index (χ1v) is 6.66. The Hall–Kier alpha value is -0.530. The molecule has 2 rings (SSSR count). The molecule has 0 bridgehead atoms. The second kappa shape index (κ2) is 4.29. The molecule has 0 fully saturated rings. The molecule has 1 atom stereocenters. The molecule has 1 aromatic carbocycles. The van der Waals surface area contributed by atoms with Gasteiger partial charge in [-0.1, -0.05) is 25.4 Å². The van der Waals surface area contributed by atoms with Gasteiger partial charge in [0.15, 0.2) is 0 Å². The van der Waals surface area contributed by atoms with E-state index in [1.165, 1.54) is 11.1 Å². The minimum Gasteiger partial charge on any atom is -0.388 e. The summed E-state index contributed by atoms with van der Waals surface area (Å²) in [6.07, 6.45) is 2.50. The van der Waals surface area contributed by atoms with Gasteiger partial charge in [0.05, 0.1) is 6.10 Å². The zero-order valence-electron chi connectivity index (χ0n) is 11.1. The van der Waals surface area contributed by atoms with Crippen molar-refractivity contribution in [3.05, 3.63) is 33.3 Å². The summed E-state index contributed by atoms with van der Waals surface area (Å²) in [7, 11) is 0. The molecule has 0 radical (unpaired) electrons. The molecule has 2 heteroatoms. The van der Waals surface area contributed by atoms with Crippen molar-refractivity contribution in [2.75, 3.05) is 0 Å². The van der Waals surface area contributed by atoms with E-state index in [0.29, 0.717) is 0 Å². The monoisotopic (exact) mass is 252 g/mol. The van der Waals surface area contributed by atoms with Crippen LogP contribution in [0.2, 0.25) is 5.02 Å². The van der Waals surface area contributed by atoms with Crippen molar-refractivity contribution < 1.29 is 5.11 Å². The van der Waals surface area contributed by atoms with Gasteiger partial charge in [-0.2, -0.15) is 0 Å². The molecule has 1 N–H and O–H groups in total. The number of aryl methyl sites for hydroxylation is 1. The summed E-state index contributed by atoms with van der Waals surface area (Å²) in [5, 5.41) is 11.3. The maximum atomic E-state index is 10.4. The Balaban J connectivity index is 2.59. The van der Waals surface area contributed by atoms with E-state index < -0.39 is 0 Å². The summed E-state index contributed by atoms with van der Waals surface area (Å²) < 4.78 is 0. The lowest BCUT2D eigenvalue weighted by Gasteiger charge is -2.24. The third-order valence-corrected chi connectivity index (χ3v) is 4.42. The van der Waals surface area contributed by atoms with Crippen molar-refractivity contribution in [2.45, 2.75) is 53.1 Å². The second-order valence-corrected chi connectivity index (χ2v) is 6.48. The fraction of sp³-hybridized carbons (Fsp3) is 0.600. The normalized spacial score (nSPS) is 23.1. The van der Waals surface area contributed by atoms with Gasteiger partial charge in [-0.15, -0.1) is 0 Å². The molecule has 0 saturated heterocycles. The zero-order chi connectivity index (χ0) is 12.8. The number of aliphatic hydroxyl groups excluding tert-OH is 1. The molecule has 0 aromatic heterocycles. The fourth-order valence-electron chi connectivity index (χ4n) is 2.85. The highest BCUT2D eigenvalue weighted by atomic mass is 35.5. The molecule has 0 heterocycles. The second-order valence-electron chi connectivity index (χ2n) is 6.08. The SMILES string of the molecule is Cc1cc(Cl)c2c(c1C)C(O)CC(C)(C)CC2. The number of aliphatic hydroxyl groups is 1. The van der Waals surface area contributed by atoms with E-state index >= 15 is 0 Å². The predicted molar refractivity (Wildman–Crippen MR) is 72.6 cm³/mol. The molecule has 0 amide bonds. The number of rotatable bonds is 0. The third-order valence-electron chi connectivity index (χ3n) is 4.08. The minimum absolute atomic E-state index is 0.183. The van der Waals surface area contributed by atoms with Gasteiger partial charge in [-0.05, 0) is 66.8 Å². The fourth-order valence-corrected chi connectivity index (χ4v) is 3.21. The first kappa shape index (κ1) is 12.9. The van der Waals surface area contributed by atoms with E-state index in [9.17, 15) is 5.11 Å². The van der Waals surface area contributed by atoms with Crippen molar-refractivity contribution in [3.63, 3.8) is 0 Å². The Morgan fingerprint density at radius 2 is 2.00 bits per heavy atom. The van der Waals surface area contributed by atoms with Crippen LogP contribution < -0.4 is 0 Å². The average molecular weight is 253 g/mol. The van der Waals surface area contributed by atoms with E-state index in [0.717, 1.165) is 35.4 Å². The molecular weight excluding hydrogens is 232 g/mol. The molecule has 0 aliphatic heterocycles. The van der Waals surface area contributed by atoms with E-state index in [2.05, 4.69) is 27.7 Å². The van der Waals surface area contributed by atoms with Gasteiger partial charge in [0.25, 0.3) is 0 Å². The van der Waals surface area contributed by atoms with Gasteiger partial charge >= 0.3 is 0 Å². The van der Waals surface area contributed by atoms with Crippen LogP contribution in [0.5, 0.6) is 0 Å². The molecule has 1 nitrogen and oxygen atoms in total. The molecule has 1 aliphatic rings. The lowest BCUT2D eigenvalue weighted by Crippen LogP contribution is -2.14. The van der Waals surface area contributed by atoms with Crippen LogP contribution in [0.4, 0.5) is 0 Å². The highest BCUT2D eigenvalue weighted by Gasteiger charge is 2.30. The third kappa shape index (κ3) is 2.36. The van der Waals surface area contributed by atoms with E-state index in [4.69, 9.17) is 11.6 Å². The van der Waals surface area contributed by atoms with Gasteiger partial charge in [-0.25, -0.2) is 0 Å². The Morgan fingerprint density at radius 1 is 1.35 bits per heavy atom. The summed E-state index contributed by atoms with van der Waals surface area (Å²) in [6, 6.07) is 2.03. The molecule has 1 aliphatic carbocycles. The van der Waals surface area contributed by atoms with Crippen LogP contribution in [0, 0.1) is 19.3 Å². The topological polar surface area (TPSA) is 20.2 Å². The van der Waals surface area contributed by atoms with Crippen LogP contribution in [-0.4, -0.2) is 5.11 Å². The summed E-state index contributed by atoms with van der Waals surface area (Å²) in [5.74, 6) is 0. The molecule has 0 spiro atoms. The number of fused-ring (bicyclic) bond motifs is 1. The Labute approximate surface area is 109 Å². The number of hydrogen-bond donors (Lipinski definition) is 1. The molecule has 0 saturated carbocycles. The number of hydrogen-bond acceptors (Lipinski definition) is 1. The summed E-state index contributed by atoms with van der Waals surface area (Å²) in [5.41, 5.74) is 4.80. The summed E-state index contributed by atoms with van der Waals surface area (Å²) in [4.78, 5) is 0. The number of halogens is 1. The lowest BCUT2D eigenvalue weighted by atomic mass is 9.83. The van der Waals surface area contributed by atoms with Gasteiger partial charge < -0.3 is 5.11 Å². The largest absolute Gasteiger partial charge is 0.388 e. The maximum Gasteiger partial charge on any atom is 0.0801 e. The zero-order valence-corrected chi connectivity index (χ0v) is 11.9. The van der Waals surface area contributed by atoms with E-state index in [1.54, 1.807) is 0 Å². The average Bonchev–Trinajstić information content (AvgIpc) is 2.31. The van der Waals surface area contributed by atoms with Gasteiger partial charge in [0.1, 0.15) is 0 Å². The van der Waals surface area contributed by atoms with Crippen molar-refractivity contribution >= 4 is 11.6 Å². The minimum atomic E-state index is -0.375. The summed E-state index contributed by atoms with van der Waals surface area (Å²) in [6.45, 7) is 8.59. The van der Waals surface area contributed by atoms with Crippen LogP contribution in [0.1, 0.15) is 55.0 Å².